The number of hydrogen-bond acceptors (Lipinski definition) is 1. The minimum Gasteiger partial charge on any atom is -0.303 e. The number of allylic oxidation sites excluding steroid dienone is 4. The Morgan fingerprint density at radius 1 is 0.923 bits per heavy atom. The van der Waals surface area contributed by atoms with E-state index >= 15 is 0 Å². The summed E-state index contributed by atoms with van der Waals surface area (Å²) in [5, 5.41) is 0. The fourth-order valence-corrected chi connectivity index (χ4v) is 1.05. The van der Waals surface area contributed by atoms with Gasteiger partial charge < -0.3 is 4.79 Å². The van der Waals surface area contributed by atoms with Gasteiger partial charge in [-0.1, -0.05) is 44.1 Å². The third kappa shape index (κ3) is 11.1. The van der Waals surface area contributed by atoms with Gasteiger partial charge in [0.2, 0.25) is 0 Å². The summed E-state index contributed by atoms with van der Waals surface area (Å²) in [6.45, 7) is 2.21. The predicted octanol–water partition coefficient (Wildman–Crippen LogP) is 3.66. The van der Waals surface area contributed by atoms with E-state index in [2.05, 4.69) is 19.1 Å². The summed E-state index contributed by atoms with van der Waals surface area (Å²) in [4.78, 5) is 9.94. The zero-order valence-corrected chi connectivity index (χ0v) is 8.54. The molecule has 1 heteroatoms. The van der Waals surface area contributed by atoms with Gasteiger partial charge in [-0.2, -0.15) is 0 Å². The summed E-state index contributed by atoms with van der Waals surface area (Å²) in [6, 6.07) is 0. The lowest BCUT2D eigenvalue weighted by molar-refractivity contribution is -0.107. The molecule has 0 aromatic heterocycles. The van der Waals surface area contributed by atoms with Crippen LogP contribution >= 0.6 is 0 Å². The van der Waals surface area contributed by atoms with E-state index in [9.17, 15) is 4.79 Å². The average molecular weight is 180 g/mol. The van der Waals surface area contributed by atoms with Crippen LogP contribution in [0.4, 0.5) is 0 Å². The molecule has 0 bridgehead atoms. The van der Waals surface area contributed by atoms with Crippen molar-refractivity contribution in [3.63, 3.8) is 0 Å². The zero-order chi connectivity index (χ0) is 9.78. The van der Waals surface area contributed by atoms with Crippen LogP contribution in [0.5, 0.6) is 0 Å². The Morgan fingerprint density at radius 3 is 2.31 bits per heavy atom. The van der Waals surface area contributed by atoms with Gasteiger partial charge in [0.25, 0.3) is 0 Å². The largest absolute Gasteiger partial charge is 0.303 e. The van der Waals surface area contributed by atoms with Crippen molar-refractivity contribution in [2.45, 2.75) is 45.4 Å². The molecule has 0 fully saturated rings. The Balaban J connectivity index is 3.16. The number of carbonyl (C=O) groups is 1. The van der Waals surface area contributed by atoms with E-state index in [4.69, 9.17) is 0 Å². The maximum Gasteiger partial charge on any atom is 0.123 e. The summed E-state index contributed by atoms with van der Waals surface area (Å²) >= 11 is 0. The van der Waals surface area contributed by atoms with E-state index in [0.29, 0.717) is 6.42 Å². The van der Waals surface area contributed by atoms with Crippen molar-refractivity contribution in [1.29, 1.82) is 0 Å². The van der Waals surface area contributed by atoms with Crippen molar-refractivity contribution in [3.8, 4) is 0 Å². The van der Waals surface area contributed by atoms with Crippen LogP contribution in [0, 0.1) is 0 Å². The molecular weight excluding hydrogens is 160 g/mol. The smallest absolute Gasteiger partial charge is 0.123 e. The van der Waals surface area contributed by atoms with Crippen molar-refractivity contribution in [2.75, 3.05) is 0 Å². The molecule has 0 atom stereocenters. The number of rotatable bonds is 8. The second-order valence-corrected chi connectivity index (χ2v) is 3.08. The van der Waals surface area contributed by atoms with Crippen molar-refractivity contribution >= 4 is 6.29 Å². The fourth-order valence-electron chi connectivity index (χ4n) is 1.05. The molecule has 0 aliphatic rings. The van der Waals surface area contributed by atoms with Gasteiger partial charge >= 0.3 is 0 Å². The van der Waals surface area contributed by atoms with Crippen LogP contribution in [0.25, 0.3) is 0 Å². The van der Waals surface area contributed by atoms with Gasteiger partial charge in [0.1, 0.15) is 6.29 Å². The zero-order valence-electron chi connectivity index (χ0n) is 8.54. The van der Waals surface area contributed by atoms with Gasteiger partial charge in [-0.25, -0.2) is 0 Å². The summed E-state index contributed by atoms with van der Waals surface area (Å²) in [5.74, 6) is 0. The van der Waals surface area contributed by atoms with Crippen LogP contribution in [0.1, 0.15) is 45.4 Å². The van der Waals surface area contributed by atoms with Crippen LogP contribution < -0.4 is 0 Å². The van der Waals surface area contributed by atoms with E-state index < -0.39 is 0 Å². The lowest BCUT2D eigenvalue weighted by Gasteiger charge is -1.90. The second-order valence-electron chi connectivity index (χ2n) is 3.08. The number of aldehydes is 1. The molecule has 0 aliphatic heterocycles. The highest BCUT2D eigenvalue weighted by Crippen LogP contribution is 2.00. The van der Waals surface area contributed by atoms with Crippen LogP contribution in [0.2, 0.25) is 0 Å². The van der Waals surface area contributed by atoms with Gasteiger partial charge in [0, 0.05) is 6.42 Å². The maximum atomic E-state index is 9.94. The van der Waals surface area contributed by atoms with Gasteiger partial charge in [0.05, 0.1) is 0 Å². The Bertz CT molecular complexity index is 157. The lowest BCUT2D eigenvalue weighted by atomic mass is 10.2. The first-order valence-electron chi connectivity index (χ1n) is 5.15. The van der Waals surface area contributed by atoms with E-state index in [1.54, 1.807) is 0 Å². The van der Waals surface area contributed by atoms with Gasteiger partial charge in [-0.3, -0.25) is 0 Å². The molecule has 0 saturated carbocycles. The lowest BCUT2D eigenvalue weighted by Crippen LogP contribution is -1.70. The molecule has 13 heavy (non-hydrogen) atoms. The number of hydrogen-bond donors (Lipinski definition) is 0. The van der Waals surface area contributed by atoms with E-state index in [1.165, 1.54) is 25.7 Å². The number of unbranched alkanes of at least 4 members (excludes halogenated alkanes) is 3. The van der Waals surface area contributed by atoms with Gasteiger partial charge in [-0.15, -0.1) is 0 Å². The predicted molar refractivity (Wildman–Crippen MR) is 57.7 cm³/mol. The SMILES string of the molecule is CCCCCC=CC/C=C\CC=O. The Morgan fingerprint density at radius 2 is 1.62 bits per heavy atom. The molecule has 0 aromatic carbocycles. The van der Waals surface area contributed by atoms with Crippen LogP contribution in [-0.2, 0) is 4.79 Å². The normalized spacial score (nSPS) is 11.5. The second kappa shape index (κ2) is 11.2. The maximum absolute atomic E-state index is 9.94. The molecule has 0 unspecified atom stereocenters. The van der Waals surface area contributed by atoms with Crippen molar-refractivity contribution in [3.05, 3.63) is 24.3 Å². The summed E-state index contributed by atoms with van der Waals surface area (Å²) < 4.78 is 0. The van der Waals surface area contributed by atoms with Crippen molar-refractivity contribution < 1.29 is 4.79 Å². The molecule has 0 aromatic rings. The highest BCUT2D eigenvalue weighted by atomic mass is 16.1. The van der Waals surface area contributed by atoms with Crippen LogP contribution in [0.15, 0.2) is 24.3 Å². The van der Waals surface area contributed by atoms with Crippen molar-refractivity contribution in [1.82, 2.24) is 0 Å². The quantitative estimate of drug-likeness (QED) is 0.316. The number of carbonyl (C=O) groups excluding carboxylic acids is 1. The highest BCUT2D eigenvalue weighted by molar-refractivity contribution is 5.51. The van der Waals surface area contributed by atoms with Crippen LogP contribution in [0.3, 0.4) is 0 Å². The molecule has 0 N–H and O–H groups in total. The molecule has 0 radical (unpaired) electrons. The van der Waals surface area contributed by atoms with Gasteiger partial charge in [0.15, 0.2) is 0 Å². The third-order valence-electron chi connectivity index (χ3n) is 1.81. The fraction of sp³-hybridized carbons (Fsp3) is 0.583. The summed E-state index contributed by atoms with van der Waals surface area (Å²) in [6.07, 6.45) is 15.8. The summed E-state index contributed by atoms with van der Waals surface area (Å²) in [7, 11) is 0. The van der Waals surface area contributed by atoms with Crippen LogP contribution in [-0.4, -0.2) is 6.29 Å². The Hall–Kier alpha value is -0.850. The first-order valence-corrected chi connectivity index (χ1v) is 5.15. The molecule has 0 aliphatic carbocycles. The minimum absolute atomic E-state index is 0.545. The first-order chi connectivity index (χ1) is 6.41. The molecular formula is C12H20O. The molecule has 0 amide bonds. The topological polar surface area (TPSA) is 17.1 Å². The molecule has 0 heterocycles. The third-order valence-corrected chi connectivity index (χ3v) is 1.81. The molecule has 1 nitrogen and oxygen atoms in total. The Labute approximate surface area is 81.5 Å². The Kier molecular flexibility index (Phi) is 10.4. The van der Waals surface area contributed by atoms with E-state index in [-0.39, 0.29) is 0 Å². The van der Waals surface area contributed by atoms with E-state index in [0.717, 1.165) is 12.7 Å². The highest BCUT2D eigenvalue weighted by Gasteiger charge is 1.80. The first kappa shape index (κ1) is 12.2. The minimum atomic E-state index is 0.545. The van der Waals surface area contributed by atoms with E-state index in [1.807, 2.05) is 12.2 Å². The van der Waals surface area contributed by atoms with Gasteiger partial charge in [-0.05, 0) is 19.3 Å². The standard InChI is InChI=1S/C12H20O/c1-2-3-4-5-6-7-8-9-10-11-12-13/h6-7,9-10,12H,2-5,8,11H2,1H3/b7-6?,10-9-. The molecule has 74 valence electrons. The average Bonchev–Trinajstić information content (AvgIpc) is 2.16. The molecule has 0 saturated heterocycles. The molecule has 0 spiro atoms. The monoisotopic (exact) mass is 180 g/mol. The van der Waals surface area contributed by atoms with Crippen molar-refractivity contribution in [2.24, 2.45) is 0 Å². The summed E-state index contributed by atoms with van der Waals surface area (Å²) in [5.41, 5.74) is 0. The molecule has 0 rings (SSSR count).